The number of phenolic OH excluding ortho intramolecular Hbond substituents is 1. The minimum atomic E-state index is -3.12. The topological polar surface area (TPSA) is 69.6 Å². The second-order valence-corrected chi connectivity index (χ2v) is 11.7. The summed E-state index contributed by atoms with van der Waals surface area (Å²) in [5, 5.41) is 13.6. The number of nitrogens with one attached hydrogen (secondary N) is 1. The molecule has 34 heavy (non-hydrogen) atoms. The summed E-state index contributed by atoms with van der Waals surface area (Å²) in [6.07, 6.45) is 11.5. The van der Waals surface area contributed by atoms with Gasteiger partial charge in [0, 0.05) is 12.3 Å². The number of aromatic hydroxyl groups is 1. The van der Waals surface area contributed by atoms with Gasteiger partial charge in [0.15, 0.2) is 9.84 Å². The number of hydrogen-bond acceptors (Lipinski definition) is 5. The molecule has 2 aromatic rings. The molecule has 2 N–H and O–H groups in total. The number of unbranched alkanes of at least 4 members (excludes halogenated alkanes) is 3. The van der Waals surface area contributed by atoms with Crippen LogP contribution in [0.25, 0.3) is 0 Å². The molecule has 0 radical (unpaired) electrons. The molecule has 1 atom stereocenters. The van der Waals surface area contributed by atoms with E-state index in [-0.39, 0.29) is 0 Å². The second kappa shape index (κ2) is 13.3. The summed E-state index contributed by atoms with van der Waals surface area (Å²) < 4.78 is 23.1. The minimum Gasteiger partial charge on any atom is -0.508 e. The number of phenols is 1. The van der Waals surface area contributed by atoms with Crippen LogP contribution in [0.5, 0.6) is 5.75 Å². The van der Waals surface area contributed by atoms with Crippen LogP contribution in [0.3, 0.4) is 0 Å². The van der Waals surface area contributed by atoms with Gasteiger partial charge >= 0.3 is 0 Å². The molecule has 2 aromatic carbocycles. The van der Waals surface area contributed by atoms with Crippen molar-refractivity contribution in [2.75, 3.05) is 32.4 Å². The second-order valence-electron chi connectivity index (χ2n) is 9.68. The lowest BCUT2D eigenvalue weighted by molar-refractivity contribution is 0.175. The molecule has 0 unspecified atom stereocenters. The van der Waals surface area contributed by atoms with Gasteiger partial charge in [-0.15, -0.1) is 0 Å². The maximum Gasteiger partial charge on any atom is 0.175 e. The van der Waals surface area contributed by atoms with Crippen LogP contribution in [0.15, 0.2) is 47.4 Å². The van der Waals surface area contributed by atoms with Gasteiger partial charge in [-0.05, 0) is 106 Å². The Morgan fingerprint density at radius 1 is 1.00 bits per heavy atom. The zero-order valence-corrected chi connectivity index (χ0v) is 21.7. The lowest BCUT2D eigenvalue weighted by Gasteiger charge is -2.35. The molecule has 0 amide bonds. The SMILES string of the molecule is CCCN(CCCCCCNCCc1ccc(S(C)(=O)=O)cc1)[C@H]1CCc2c(O)cccc2C1. The lowest BCUT2D eigenvalue weighted by Crippen LogP contribution is -2.40. The Bertz CT molecular complexity index is 989. The number of nitrogens with zero attached hydrogens (tertiary/aromatic N) is 1. The van der Waals surface area contributed by atoms with Crippen LogP contribution < -0.4 is 5.32 Å². The molecule has 0 saturated heterocycles. The first-order valence-electron chi connectivity index (χ1n) is 12.9. The van der Waals surface area contributed by atoms with Gasteiger partial charge < -0.3 is 15.3 Å². The summed E-state index contributed by atoms with van der Waals surface area (Å²) >= 11 is 0. The van der Waals surface area contributed by atoms with Gasteiger partial charge in [-0.25, -0.2) is 8.42 Å². The van der Waals surface area contributed by atoms with E-state index in [1.54, 1.807) is 12.1 Å². The highest BCUT2D eigenvalue weighted by molar-refractivity contribution is 7.90. The minimum absolute atomic E-state index is 0.384. The van der Waals surface area contributed by atoms with Crippen molar-refractivity contribution in [1.82, 2.24) is 10.2 Å². The number of sulfone groups is 1. The molecule has 5 nitrogen and oxygen atoms in total. The summed E-state index contributed by atoms with van der Waals surface area (Å²) in [6, 6.07) is 13.8. The highest BCUT2D eigenvalue weighted by Gasteiger charge is 2.24. The van der Waals surface area contributed by atoms with Crippen LogP contribution in [0.4, 0.5) is 0 Å². The van der Waals surface area contributed by atoms with Crippen LogP contribution in [-0.2, 0) is 29.1 Å². The fourth-order valence-corrected chi connectivity index (χ4v) is 5.65. The Labute approximate surface area is 206 Å². The molecule has 6 heteroatoms. The van der Waals surface area contributed by atoms with Crippen molar-refractivity contribution >= 4 is 9.84 Å². The zero-order valence-electron chi connectivity index (χ0n) is 20.9. The van der Waals surface area contributed by atoms with Crippen LogP contribution in [0, 0.1) is 0 Å². The molecule has 0 aromatic heterocycles. The van der Waals surface area contributed by atoms with Gasteiger partial charge in [0.25, 0.3) is 0 Å². The van der Waals surface area contributed by atoms with Crippen molar-refractivity contribution in [3.8, 4) is 5.75 Å². The summed E-state index contributed by atoms with van der Waals surface area (Å²) in [6.45, 7) is 6.54. The van der Waals surface area contributed by atoms with E-state index in [1.165, 1.54) is 50.5 Å². The highest BCUT2D eigenvalue weighted by atomic mass is 32.2. The number of rotatable bonds is 14. The average Bonchev–Trinajstić information content (AvgIpc) is 2.82. The average molecular weight is 487 g/mol. The maximum absolute atomic E-state index is 11.5. The fraction of sp³-hybridized carbons (Fsp3) is 0.571. The summed E-state index contributed by atoms with van der Waals surface area (Å²) in [7, 11) is -3.12. The van der Waals surface area contributed by atoms with E-state index in [1.807, 2.05) is 24.3 Å². The quantitative estimate of drug-likeness (QED) is 0.377. The first-order valence-corrected chi connectivity index (χ1v) is 14.8. The molecule has 1 aliphatic rings. The number of benzene rings is 2. The van der Waals surface area contributed by atoms with Crippen LogP contribution >= 0.6 is 0 Å². The molecule has 0 spiro atoms. The third kappa shape index (κ3) is 8.10. The standard InChI is InChI=1S/C28H42N2O3S/c1-3-20-30(25-13-16-27-24(22-25)9-8-10-28(27)31)21-7-5-4-6-18-29-19-17-23-11-14-26(15-12-23)34(2,32)33/h8-12,14-15,25,29,31H,3-7,13,16-22H2,1-2H3/t25-/m0/s1. The van der Waals surface area contributed by atoms with E-state index >= 15 is 0 Å². The molecule has 3 rings (SSSR count). The zero-order chi connectivity index (χ0) is 24.4. The Hall–Kier alpha value is -1.89. The van der Waals surface area contributed by atoms with E-state index < -0.39 is 9.84 Å². The van der Waals surface area contributed by atoms with E-state index in [2.05, 4.69) is 23.2 Å². The van der Waals surface area contributed by atoms with Crippen molar-refractivity contribution in [2.24, 2.45) is 0 Å². The van der Waals surface area contributed by atoms with Gasteiger partial charge in [0.1, 0.15) is 5.75 Å². The molecular formula is C28H42N2O3S. The molecule has 0 heterocycles. The Morgan fingerprint density at radius 3 is 2.50 bits per heavy atom. The summed E-state index contributed by atoms with van der Waals surface area (Å²) in [5.41, 5.74) is 3.65. The molecule has 0 bridgehead atoms. The van der Waals surface area contributed by atoms with Crippen LogP contribution in [0.1, 0.15) is 62.1 Å². The third-order valence-corrected chi connectivity index (χ3v) is 8.08. The predicted octanol–water partition coefficient (Wildman–Crippen LogP) is 4.76. The Balaban J connectivity index is 1.28. The van der Waals surface area contributed by atoms with Gasteiger partial charge in [0.05, 0.1) is 4.90 Å². The van der Waals surface area contributed by atoms with Gasteiger partial charge in [0.2, 0.25) is 0 Å². The van der Waals surface area contributed by atoms with Crippen molar-refractivity contribution < 1.29 is 13.5 Å². The number of fused-ring (bicyclic) bond motifs is 1. The van der Waals surface area contributed by atoms with Gasteiger partial charge in [-0.2, -0.15) is 0 Å². The van der Waals surface area contributed by atoms with E-state index in [4.69, 9.17) is 0 Å². The normalized spacial score (nSPS) is 16.0. The smallest absolute Gasteiger partial charge is 0.175 e. The maximum atomic E-state index is 11.5. The van der Waals surface area contributed by atoms with Crippen molar-refractivity contribution in [3.05, 3.63) is 59.2 Å². The molecule has 0 saturated carbocycles. The van der Waals surface area contributed by atoms with Crippen molar-refractivity contribution in [1.29, 1.82) is 0 Å². The Kier molecular flexibility index (Phi) is 10.4. The predicted molar refractivity (Wildman–Crippen MR) is 140 cm³/mol. The largest absolute Gasteiger partial charge is 0.508 e. The van der Waals surface area contributed by atoms with Crippen molar-refractivity contribution in [3.63, 3.8) is 0 Å². The van der Waals surface area contributed by atoms with Gasteiger partial charge in [-0.1, -0.05) is 44.0 Å². The summed E-state index contributed by atoms with van der Waals surface area (Å²) in [4.78, 5) is 3.06. The molecule has 188 valence electrons. The lowest BCUT2D eigenvalue weighted by atomic mass is 9.86. The van der Waals surface area contributed by atoms with E-state index in [9.17, 15) is 13.5 Å². The van der Waals surface area contributed by atoms with Crippen molar-refractivity contribution in [2.45, 2.75) is 75.6 Å². The van der Waals surface area contributed by atoms with Gasteiger partial charge in [-0.3, -0.25) is 0 Å². The van der Waals surface area contributed by atoms with Crippen LogP contribution in [-0.4, -0.2) is 56.9 Å². The Morgan fingerprint density at radius 2 is 1.76 bits per heavy atom. The monoisotopic (exact) mass is 486 g/mol. The third-order valence-electron chi connectivity index (χ3n) is 6.95. The molecule has 1 aliphatic carbocycles. The van der Waals surface area contributed by atoms with E-state index in [0.717, 1.165) is 56.4 Å². The highest BCUT2D eigenvalue weighted by Crippen LogP contribution is 2.30. The molecule has 0 aliphatic heterocycles. The number of hydrogen-bond donors (Lipinski definition) is 2. The fourth-order valence-electron chi connectivity index (χ4n) is 5.02. The first-order chi connectivity index (χ1) is 16.4. The van der Waals surface area contributed by atoms with E-state index in [0.29, 0.717) is 16.7 Å². The summed E-state index contributed by atoms with van der Waals surface area (Å²) in [5.74, 6) is 0.469. The first kappa shape index (κ1) is 26.7. The molecule has 0 fully saturated rings. The van der Waals surface area contributed by atoms with Crippen LogP contribution in [0.2, 0.25) is 0 Å². The molecular weight excluding hydrogens is 444 g/mol.